The van der Waals surface area contributed by atoms with Crippen LogP contribution in [0.15, 0.2) is 48.7 Å². The van der Waals surface area contributed by atoms with Crippen molar-refractivity contribution in [3.8, 4) is 6.01 Å². The molecule has 8 heteroatoms. The Morgan fingerprint density at radius 2 is 1.84 bits per heavy atom. The Balaban J connectivity index is 1.22. The fourth-order valence-corrected chi connectivity index (χ4v) is 8.67. The third kappa shape index (κ3) is 4.87. The van der Waals surface area contributed by atoms with Crippen molar-refractivity contribution >= 4 is 16.6 Å². The highest BCUT2D eigenvalue weighted by molar-refractivity contribution is 5.90. The number of benzene rings is 2. The Labute approximate surface area is 260 Å². The average molecular weight is 592 g/mol. The van der Waals surface area contributed by atoms with Crippen molar-refractivity contribution in [1.82, 2.24) is 30.0 Å². The number of nitrogens with one attached hydrogen (secondary N) is 1. The van der Waals surface area contributed by atoms with E-state index in [4.69, 9.17) is 19.8 Å². The predicted molar refractivity (Wildman–Crippen MR) is 175 cm³/mol. The van der Waals surface area contributed by atoms with Gasteiger partial charge in [0, 0.05) is 43.9 Å². The Morgan fingerprint density at radius 1 is 1.00 bits per heavy atom. The van der Waals surface area contributed by atoms with Crippen LogP contribution in [0.5, 0.6) is 6.01 Å². The molecule has 2 aromatic carbocycles. The van der Waals surface area contributed by atoms with Crippen LogP contribution in [0.2, 0.25) is 0 Å². The van der Waals surface area contributed by atoms with Crippen molar-refractivity contribution in [1.29, 1.82) is 0 Å². The lowest BCUT2D eigenvalue weighted by atomic mass is 9.83. The molecule has 8 rings (SSSR count). The van der Waals surface area contributed by atoms with E-state index >= 15 is 0 Å². The second-order valence-electron chi connectivity index (χ2n) is 13.5. The molecule has 6 heterocycles. The van der Waals surface area contributed by atoms with Gasteiger partial charge in [0.1, 0.15) is 12.4 Å². The fraction of sp³-hybridized carbons (Fsp3) is 0.528. The molecule has 2 atom stereocenters. The molecular weight excluding hydrogens is 546 g/mol. The van der Waals surface area contributed by atoms with E-state index in [2.05, 4.69) is 82.3 Å². The van der Waals surface area contributed by atoms with Crippen molar-refractivity contribution in [2.24, 2.45) is 0 Å². The molecule has 230 valence electrons. The van der Waals surface area contributed by atoms with E-state index in [0.29, 0.717) is 18.7 Å². The molecule has 0 saturated carbocycles. The normalized spacial score (nSPS) is 23.2. The van der Waals surface area contributed by atoms with Gasteiger partial charge in [-0.05, 0) is 92.9 Å². The standard InChI is InChI=1S/C36H45N7O/c1-3-26-9-4-10-27-11-5-13-29(32(26)27)30-21-37-22-31-33(30)34(41-17-6-12-28(23-41)43-20-14-25(2)40-43)39-35(38-31)44-24-36-15-7-18-42(36)19-8-16-36/h4-5,9-11,13-14,20,28,30,37H,3,6-8,12,15-19,21-24H2,1-2H3. The summed E-state index contributed by atoms with van der Waals surface area (Å²) >= 11 is 0. The van der Waals surface area contributed by atoms with E-state index in [0.717, 1.165) is 62.6 Å². The van der Waals surface area contributed by atoms with Crippen LogP contribution in [-0.4, -0.2) is 69.5 Å². The Kier molecular flexibility index (Phi) is 7.30. The summed E-state index contributed by atoms with van der Waals surface area (Å²) in [5.41, 5.74) is 6.35. The Hall–Kier alpha value is -3.49. The predicted octanol–water partition coefficient (Wildman–Crippen LogP) is 5.78. The van der Waals surface area contributed by atoms with E-state index in [1.165, 1.54) is 66.2 Å². The summed E-state index contributed by atoms with van der Waals surface area (Å²) in [6.45, 7) is 10.9. The summed E-state index contributed by atoms with van der Waals surface area (Å²) in [5, 5.41) is 11.2. The van der Waals surface area contributed by atoms with E-state index in [-0.39, 0.29) is 11.5 Å². The van der Waals surface area contributed by atoms with Crippen LogP contribution in [0.1, 0.15) is 85.5 Å². The van der Waals surface area contributed by atoms with Gasteiger partial charge in [0.2, 0.25) is 0 Å². The first kappa shape index (κ1) is 28.0. The van der Waals surface area contributed by atoms with E-state index < -0.39 is 0 Å². The molecule has 4 aliphatic heterocycles. The van der Waals surface area contributed by atoms with Crippen molar-refractivity contribution in [2.45, 2.75) is 82.8 Å². The molecule has 0 amide bonds. The molecule has 4 aliphatic rings. The molecule has 8 nitrogen and oxygen atoms in total. The minimum Gasteiger partial charge on any atom is -0.461 e. The Morgan fingerprint density at radius 3 is 2.64 bits per heavy atom. The molecule has 0 aliphatic carbocycles. The highest BCUT2D eigenvalue weighted by Gasteiger charge is 2.45. The van der Waals surface area contributed by atoms with Gasteiger partial charge in [-0.3, -0.25) is 9.58 Å². The summed E-state index contributed by atoms with van der Waals surface area (Å²) in [4.78, 5) is 15.7. The number of ether oxygens (including phenoxy) is 1. The van der Waals surface area contributed by atoms with Crippen molar-refractivity contribution in [2.75, 3.05) is 44.2 Å². The summed E-state index contributed by atoms with van der Waals surface area (Å²) in [6.07, 6.45) is 10.3. The van der Waals surface area contributed by atoms with Gasteiger partial charge in [-0.1, -0.05) is 43.3 Å². The zero-order valence-electron chi connectivity index (χ0n) is 26.3. The zero-order chi connectivity index (χ0) is 29.7. The van der Waals surface area contributed by atoms with Gasteiger partial charge in [-0.15, -0.1) is 0 Å². The Bertz CT molecular complexity index is 1650. The second kappa shape index (κ2) is 11.5. The summed E-state index contributed by atoms with van der Waals surface area (Å²) in [5.74, 6) is 1.22. The van der Waals surface area contributed by atoms with Gasteiger partial charge in [0.25, 0.3) is 0 Å². The lowest BCUT2D eigenvalue weighted by Crippen LogP contribution is -2.44. The third-order valence-electron chi connectivity index (χ3n) is 10.8. The number of aryl methyl sites for hydroxylation is 2. The summed E-state index contributed by atoms with van der Waals surface area (Å²) in [7, 11) is 0. The summed E-state index contributed by atoms with van der Waals surface area (Å²) < 4.78 is 8.78. The zero-order valence-corrected chi connectivity index (χ0v) is 26.3. The monoisotopic (exact) mass is 591 g/mol. The highest BCUT2D eigenvalue weighted by Crippen LogP contribution is 2.43. The number of nitrogens with zero attached hydrogens (tertiary/aromatic N) is 6. The molecule has 3 fully saturated rings. The average Bonchev–Trinajstić information content (AvgIpc) is 3.79. The minimum absolute atomic E-state index is 0.158. The lowest BCUT2D eigenvalue weighted by Gasteiger charge is -2.38. The molecular formula is C36H45N7O. The van der Waals surface area contributed by atoms with Crippen molar-refractivity contribution < 1.29 is 4.74 Å². The molecule has 0 bridgehead atoms. The number of rotatable bonds is 7. The number of piperidine rings is 1. The number of hydrogen-bond acceptors (Lipinski definition) is 7. The SMILES string of the molecule is CCc1cccc2cccc(C3CNCc4nc(OCC56CCCN5CCC6)nc(N5CCCC(n6ccc(C)n6)C5)c43)c12. The first-order chi connectivity index (χ1) is 21.6. The maximum Gasteiger partial charge on any atom is 0.318 e. The van der Waals surface area contributed by atoms with E-state index in [1.54, 1.807) is 0 Å². The minimum atomic E-state index is 0.158. The fourth-order valence-electron chi connectivity index (χ4n) is 8.67. The van der Waals surface area contributed by atoms with Crippen LogP contribution in [-0.2, 0) is 13.0 Å². The van der Waals surface area contributed by atoms with Crippen LogP contribution in [0.25, 0.3) is 10.8 Å². The van der Waals surface area contributed by atoms with Crippen LogP contribution in [0, 0.1) is 6.92 Å². The number of fused-ring (bicyclic) bond motifs is 3. The molecule has 2 unspecified atom stereocenters. The largest absolute Gasteiger partial charge is 0.461 e. The van der Waals surface area contributed by atoms with Gasteiger partial charge in [-0.25, -0.2) is 0 Å². The van der Waals surface area contributed by atoms with Crippen LogP contribution >= 0.6 is 0 Å². The first-order valence-corrected chi connectivity index (χ1v) is 16.9. The highest BCUT2D eigenvalue weighted by atomic mass is 16.5. The molecule has 1 N–H and O–H groups in total. The second-order valence-corrected chi connectivity index (χ2v) is 13.5. The number of aromatic nitrogens is 4. The van der Waals surface area contributed by atoms with Gasteiger partial charge in [0.15, 0.2) is 0 Å². The number of hydrogen-bond donors (Lipinski definition) is 1. The van der Waals surface area contributed by atoms with Gasteiger partial charge in [-0.2, -0.15) is 15.1 Å². The van der Waals surface area contributed by atoms with Crippen molar-refractivity contribution in [3.63, 3.8) is 0 Å². The van der Waals surface area contributed by atoms with Crippen LogP contribution in [0.3, 0.4) is 0 Å². The maximum absolute atomic E-state index is 6.62. The first-order valence-electron chi connectivity index (χ1n) is 16.9. The lowest BCUT2D eigenvalue weighted by molar-refractivity contribution is 0.107. The van der Waals surface area contributed by atoms with Crippen molar-refractivity contribution in [3.05, 3.63) is 76.7 Å². The molecule has 4 aromatic rings. The maximum atomic E-state index is 6.62. The van der Waals surface area contributed by atoms with Gasteiger partial charge < -0.3 is 15.0 Å². The molecule has 44 heavy (non-hydrogen) atoms. The van der Waals surface area contributed by atoms with Crippen LogP contribution in [0.4, 0.5) is 5.82 Å². The van der Waals surface area contributed by atoms with Gasteiger partial charge in [0.05, 0.1) is 23.0 Å². The van der Waals surface area contributed by atoms with Crippen LogP contribution < -0.4 is 15.0 Å². The number of anilines is 1. The van der Waals surface area contributed by atoms with Gasteiger partial charge >= 0.3 is 6.01 Å². The molecule has 3 saturated heterocycles. The van der Waals surface area contributed by atoms with E-state index in [1.807, 2.05) is 0 Å². The third-order valence-corrected chi connectivity index (χ3v) is 10.8. The molecule has 0 radical (unpaired) electrons. The quantitative estimate of drug-likeness (QED) is 0.292. The van der Waals surface area contributed by atoms with E-state index in [9.17, 15) is 0 Å². The molecule has 0 spiro atoms. The summed E-state index contributed by atoms with van der Waals surface area (Å²) in [6, 6.07) is 16.5. The topological polar surface area (TPSA) is 71.3 Å². The smallest absolute Gasteiger partial charge is 0.318 e. The molecule has 2 aromatic heterocycles.